The van der Waals surface area contributed by atoms with Crippen LogP contribution in [-0.4, -0.2) is 40.7 Å². The first-order valence-corrected chi connectivity index (χ1v) is 10.4. The molecule has 3 aromatic carbocycles. The smallest absolute Gasteiger partial charge is 0.341 e. The maximum absolute atomic E-state index is 10.5. The van der Waals surface area contributed by atoms with Crippen molar-refractivity contribution in [3.63, 3.8) is 0 Å². The number of carbonyl (C=O) groups is 1. The molecule has 0 aliphatic heterocycles. The Morgan fingerprint density at radius 3 is 2.41 bits per heavy atom. The number of carboxylic acids is 1. The quantitative estimate of drug-likeness (QED) is 0.341. The predicted octanol–water partition coefficient (Wildman–Crippen LogP) is 4.99. The SMILES string of the molecule is O=C(O)COc1ccc(OCCCOc2ccc(Cl)cc2-n2cc3ccccc3n2)cc1. The summed E-state index contributed by atoms with van der Waals surface area (Å²) >= 11 is 6.21. The lowest BCUT2D eigenvalue weighted by molar-refractivity contribution is -0.139. The summed E-state index contributed by atoms with van der Waals surface area (Å²) in [5.41, 5.74) is 1.66. The molecule has 0 atom stereocenters. The summed E-state index contributed by atoms with van der Waals surface area (Å²) in [7, 11) is 0. The van der Waals surface area contributed by atoms with Gasteiger partial charge in [0, 0.05) is 23.0 Å². The first-order valence-electron chi connectivity index (χ1n) is 10.0. The third-order valence-electron chi connectivity index (χ3n) is 4.58. The second-order valence-corrected chi connectivity index (χ2v) is 7.39. The van der Waals surface area contributed by atoms with Crippen molar-refractivity contribution in [2.75, 3.05) is 19.8 Å². The molecule has 0 aliphatic rings. The summed E-state index contributed by atoms with van der Waals surface area (Å²) in [5, 5.41) is 14.9. The topological polar surface area (TPSA) is 82.8 Å². The van der Waals surface area contributed by atoms with E-state index in [9.17, 15) is 4.79 Å². The van der Waals surface area contributed by atoms with Crippen molar-refractivity contribution in [1.82, 2.24) is 9.78 Å². The molecule has 8 heteroatoms. The zero-order chi connectivity index (χ0) is 22.3. The van der Waals surface area contributed by atoms with Crippen LogP contribution in [0.25, 0.3) is 16.6 Å². The number of rotatable bonds is 10. The number of nitrogens with zero attached hydrogens (tertiary/aromatic N) is 2. The van der Waals surface area contributed by atoms with Gasteiger partial charge in [-0.2, -0.15) is 5.10 Å². The molecule has 0 aliphatic carbocycles. The van der Waals surface area contributed by atoms with Gasteiger partial charge in [-0.25, -0.2) is 9.48 Å². The minimum absolute atomic E-state index is 0.376. The molecule has 1 aromatic heterocycles. The average Bonchev–Trinajstić information content (AvgIpc) is 3.23. The van der Waals surface area contributed by atoms with Crippen LogP contribution in [0.4, 0.5) is 0 Å². The number of hydrogen-bond acceptors (Lipinski definition) is 5. The lowest BCUT2D eigenvalue weighted by Gasteiger charge is -2.12. The second kappa shape index (κ2) is 10.1. The molecule has 4 rings (SSSR count). The Morgan fingerprint density at radius 1 is 0.938 bits per heavy atom. The molecule has 0 unspecified atom stereocenters. The molecule has 0 fully saturated rings. The Balaban J connectivity index is 1.31. The van der Waals surface area contributed by atoms with Crippen LogP contribution < -0.4 is 14.2 Å². The van der Waals surface area contributed by atoms with Crippen molar-refractivity contribution < 1.29 is 24.1 Å². The molecule has 0 saturated carbocycles. The van der Waals surface area contributed by atoms with Crippen LogP contribution in [0, 0.1) is 0 Å². The molecule has 1 heterocycles. The maximum atomic E-state index is 10.5. The van der Waals surface area contributed by atoms with Crippen molar-refractivity contribution in [3.8, 4) is 22.9 Å². The summed E-state index contributed by atoms with van der Waals surface area (Å²) < 4.78 is 18.6. The van der Waals surface area contributed by atoms with Crippen LogP contribution in [0.5, 0.6) is 17.2 Å². The molecule has 0 spiro atoms. The average molecular weight is 453 g/mol. The first-order chi connectivity index (χ1) is 15.6. The highest BCUT2D eigenvalue weighted by Gasteiger charge is 2.10. The third kappa shape index (κ3) is 5.50. The van der Waals surface area contributed by atoms with Crippen LogP contribution in [-0.2, 0) is 4.79 Å². The Hall–Kier alpha value is -3.71. The largest absolute Gasteiger partial charge is 0.493 e. The van der Waals surface area contributed by atoms with E-state index in [4.69, 9.17) is 30.9 Å². The van der Waals surface area contributed by atoms with E-state index in [0.717, 1.165) is 16.6 Å². The van der Waals surface area contributed by atoms with E-state index in [1.54, 1.807) is 35.0 Å². The number of benzene rings is 3. The monoisotopic (exact) mass is 452 g/mol. The number of hydrogen-bond donors (Lipinski definition) is 1. The normalized spacial score (nSPS) is 10.8. The molecular formula is C24H21ClN2O5. The molecule has 32 heavy (non-hydrogen) atoms. The maximum Gasteiger partial charge on any atom is 0.341 e. The highest BCUT2D eigenvalue weighted by molar-refractivity contribution is 6.30. The van der Waals surface area contributed by atoms with Gasteiger partial charge in [0.05, 0.1) is 18.7 Å². The molecule has 0 radical (unpaired) electrons. The molecule has 1 N–H and O–H groups in total. The van der Waals surface area contributed by atoms with Gasteiger partial charge >= 0.3 is 5.97 Å². The van der Waals surface area contributed by atoms with Gasteiger partial charge in [0.2, 0.25) is 0 Å². The highest BCUT2D eigenvalue weighted by atomic mass is 35.5. The number of aromatic nitrogens is 2. The van der Waals surface area contributed by atoms with Gasteiger partial charge in [0.15, 0.2) is 6.61 Å². The van der Waals surface area contributed by atoms with Gasteiger partial charge < -0.3 is 19.3 Å². The van der Waals surface area contributed by atoms with Crippen LogP contribution in [0.2, 0.25) is 5.02 Å². The van der Waals surface area contributed by atoms with Gasteiger partial charge in [-0.1, -0.05) is 29.8 Å². The minimum Gasteiger partial charge on any atom is -0.493 e. The van der Waals surface area contributed by atoms with Gasteiger partial charge in [0.1, 0.15) is 22.9 Å². The molecule has 7 nitrogen and oxygen atoms in total. The van der Waals surface area contributed by atoms with Crippen molar-refractivity contribution >= 4 is 28.5 Å². The van der Waals surface area contributed by atoms with Crippen molar-refractivity contribution in [2.24, 2.45) is 0 Å². The van der Waals surface area contributed by atoms with E-state index >= 15 is 0 Å². The number of aliphatic carboxylic acids is 1. The highest BCUT2D eigenvalue weighted by Crippen LogP contribution is 2.28. The fourth-order valence-corrected chi connectivity index (χ4v) is 3.25. The van der Waals surface area contributed by atoms with Gasteiger partial charge in [-0.3, -0.25) is 0 Å². The van der Waals surface area contributed by atoms with Gasteiger partial charge in [0.25, 0.3) is 0 Å². The summed E-state index contributed by atoms with van der Waals surface area (Å²) in [6, 6.07) is 20.1. The van der Waals surface area contributed by atoms with Crippen molar-refractivity contribution in [2.45, 2.75) is 6.42 Å². The Morgan fingerprint density at radius 2 is 1.66 bits per heavy atom. The summed E-state index contributed by atoms with van der Waals surface area (Å²) in [5.74, 6) is 0.810. The van der Waals surface area contributed by atoms with Crippen molar-refractivity contribution in [1.29, 1.82) is 0 Å². The molecule has 4 aromatic rings. The number of fused-ring (bicyclic) bond motifs is 1. The lowest BCUT2D eigenvalue weighted by atomic mass is 10.2. The Labute approximate surface area is 189 Å². The van der Waals surface area contributed by atoms with E-state index in [-0.39, 0.29) is 6.61 Å². The van der Waals surface area contributed by atoms with E-state index in [1.807, 2.05) is 42.6 Å². The van der Waals surface area contributed by atoms with E-state index in [2.05, 4.69) is 5.10 Å². The minimum atomic E-state index is -1.02. The van der Waals surface area contributed by atoms with Crippen LogP contribution >= 0.6 is 11.6 Å². The van der Waals surface area contributed by atoms with Crippen LogP contribution in [0.3, 0.4) is 0 Å². The van der Waals surface area contributed by atoms with E-state index in [0.29, 0.717) is 41.9 Å². The molecule has 0 bridgehead atoms. The standard InChI is InChI=1S/C24H21ClN2O5/c25-18-6-11-23(22(14-18)27-15-17-4-1-2-5-21(17)26-27)31-13-3-12-30-19-7-9-20(10-8-19)32-16-24(28)29/h1-2,4-11,14-15H,3,12-13,16H2,(H,28,29). The Kier molecular flexibility index (Phi) is 6.77. The molecule has 0 amide bonds. The molecule has 164 valence electrons. The summed E-state index contributed by atoms with van der Waals surface area (Å²) in [4.78, 5) is 10.5. The fourth-order valence-electron chi connectivity index (χ4n) is 3.09. The van der Waals surface area contributed by atoms with Gasteiger partial charge in [-0.15, -0.1) is 0 Å². The van der Waals surface area contributed by atoms with Crippen LogP contribution in [0.1, 0.15) is 6.42 Å². The fraction of sp³-hybridized carbons (Fsp3) is 0.167. The lowest BCUT2D eigenvalue weighted by Crippen LogP contribution is -2.09. The zero-order valence-electron chi connectivity index (χ0n) is 17.1. The number of ether oxygens (including phenoxy) is 3. The number of halogens is 1. The second-order valence-electron chi connectivity index (χ2n) is 6.95. The Bertz CT molecular complexity index is 1170. The van der Waals surface area contributed by atoms with E-state index < -0.39 is 5.97 Å². The van der Waals surface area contributed by atoms with Crippen LogP contribution in [0.15, 0.2) is 72.9 Å². The molecule has 0 saturated heterocycles. The summed E-state index contributed by atoms with van der Waals surface area (Å²) in [6.07, 6.45) is 2.61. The molecular weight excluding hydrogens is 432 g/mol. The van der Waals surface area contributed by atoms with Gasteiger partial charge in [-0.05, 0) is 48.5 Å². The third-order valence-corrected chi connectivity index (χ3v) is 4.82. The predicted molar refractivity (Wildman–Crippen MR) is 121 cm³/mol. The number of carboxylic acid groups (broad SMARTS) is 1. The zero-order valence-corrected chi connectivity index (χ0v) is 17.9. The first kappa shape index (κ1) is 21.5. The summed E-state index contributed by atoms with van der Waals surface area (Å²) in [6.45, 7) is 0.540. The van der Waals surface area contributed by atoms with E-state index in [1.165, 1.54) is 0 Å². The van der Waals surface area contributed by atoms with Crippen molar-refractivity contribution in [3.05, 3.63) is 77.9 Å².